The van der Waals surface area contributed by atoms with Gasteiger partial charge in [0.1, 0.15) is 11.9 Å². The minimum Gasteiger partial charge on any atom is -0.367 e. The summed E-state index contributed by atoms with van der Waals surface area (Å²) < 4.78 is 14.2. The summed E-state index contributed by atoms with van der Waals surface area (Å²) in [5.41, 5.74) is 5.54. The van der Waals surface area contributed by atoms with Crippen molar-refractivity contribution in [3.63, 3.8) is 0 Å². The molecule has 42 heavy (non-hydrogen) atoms. The van der Waals surface area contributed by atoms with E-state index in [0.29, 0.717) is 24.1 Å². The Labute approximate surface area is 243 Å². The summed E-state index contributed by atoms with van der Waals surface area (Å²) in [4.78, 5) is 43.8. The molecule has 0 aliphatic carbocycles. The number of amides is 3. The molecule has 4 aromatic carbocycles. The monoisotopic (exact) mass is 562 g/mol. The van der Waals surface area contributed by atoms with E-state index in [2.05, 4.69) is 39.4 Å². The fourth-order valence-corrected chi connectivity index (χ4v) is 6.55. The van der Waals surface area contributed by atoms with Crippen molar-refractivity contribution in [2.45, 2.75) is 31.8 Å². The second-order valence-electron chi connectivity index (χ2n) is 11.3. The van der Waals surface area contributed by atoms with Crippen molar-refractivity contribution in [1.82, 2.24) is 10.2 Å². The maximum Gasteiger partial charge on any atom is 0.259 e. The van der Waals surface area contributed by atoms with Crippen molar-refractivity contribution in [2.75, 3.05) is 36.0 Å². The molecule has 0 saturated carbocycles. The number of hydrogen-bond acceptors (Lipinski definition) is 5. The average molecular weight is 563 g/mol. The summed E-state index contributed by atoms with van der Waals surface area (Å²) in [6, 6.07) is 24.7. The molecule has 7 nitrogen and oxygen atoms in total. The predicted octanol–water partition coefficient (Wildman–Crippen LogP) is 4.66. The first-order valence-electron chi connectivity index (χ1n) is 14.5. The second-order valence-corrected chi connectivity index (χ2v) is 11.3. The highest BCUT2D eigenvalue weighted by Crippen LogP contribution is 2.41. The van der Waals surface area contributed by atoms with Gasteiger partial charge in [-0.2, -0.15) is 0 Å². The van der Waals surface area contributed by atoms with E-state index in [4.69, 9.17) is 0 Å². The zero-order chi connectivity index (χ0) is 28.8. The lowest BCUT2D eigenvalue weighted by Gasteiger charge is -2.36. The number of halogens is 1. The van der Waals surface area contributed by atoms with Gasteiger partial charge in [0.15, 0.2) is 0 Å². The molecule has 8 heteroatoms. The van der Waals surface area contributed by atoms with Gasteiger partial charge in [0, 0.05) is 50.1 Å². The Morgan fingerprint density at radius 2 is 1.55 bits per heavy atom. The van der Waals surface area contributed by atoms with Crippen LogP contribution >= 0.6 is 0 Å². The Morgan fingerprint density at radius 3 is 2.31 bits per heavy atom. The van der Waals surface area contributed by atoms with Crippen molar-refractivity contribution in [3.8, 4) is 0 Å². The van der Waals surface area contributed by atoms with E-state index >= 15 is 0 Å². The molecular formula is C34H31FN4O3. The van der Waals surface area contributed by atoms with Gasteiger partial charge < -0.3 is 4.90 Å². The average Bonchev–Trinajstić information content (AvgIpc) is 3.28. The van der Waals surface area contributed by atoms with Crippen molar-refractivity contribution in [1.29, 1.82) is 0 Å². The topological polar surface area (TPSA) is 73.0 Å². The smallest absolute Gasteiger partial charge is 0.259 e. The summed E-state index contributed by atoms with van der Waals surface area (Å²) in [6.45, 7) is 4.21. The number of carbonyl (C=O) groups excluding carboxylic acids is 3. The van der Waals surface area contributed by atoms with E-state index in [1.165, 1.54) is 17.2 Å². The zero-order valence-electron chi connectivity index (χ0n) is 23.2. The highest BCUT2D eigenvalue weighted by molar-refractivity contribution is 6.27. The van der Waals surface area contributed by atoms with Crippen LogP contribution in [-0.2, 0) is 22.6 Å². The van der Waals surface area contributed by atoms with Crippen LogP contribution < -0.4 is 15.1 Å². The van der Waals surface area contributed by atoms with E-state index in [0.717, 1.165) is 54.7 Å². The van der Waals surface area contributed by atoms with Crippen molar-refractivity contribution in [2.24, 2.45) is 0 Å². The molecule has 7 rings (SSSR count). The van der Waals surface area contributed by atoms with Crippen LogP contribution in [-0.4, -0.2) is 54.8 Å². The number of carbonyl (C=O) groups is 3. The van der Waals surface area contributed by atoms with E-state index in [9.17, 15) is 18.8 Å². The normalized spacial score (nSPS) is 19.1. The second kappa shape index (κ2) is 10.7. The van der Waals surface area contributed by atoms with Crippen LogP contribution in [0.5, 0.6) is 0 Å². The number of hydrogen-bond donors (Lipinski definition) is 1. The van der Waals surface area contributed by atoms with Gasteiger partial charge in [0.25, 0.3) is 5.91 Å². The first-order valence-corrected chi connectivity index (χ1v) is 14.5. The maximum atomic E-state index is 14.2. The lowest BCUT2D eigenvalue weighted by atomic mass is 9.95. The fourth-order valence-electron chi connectivity index (χ4n) is 6.55. The quantitative estimate of drug-likeness (QED) is 0.346. The number of para-hydroxylation sites is 1. The molecule has 1 N–H and O–H groups in total. The van der Waals surface area contributed by atoms with Crippen LogP contribution in [0.2, 0.25) is 0 Å². The Kier molecular flexibility index (Phi) is 6.70. The molecule has 3 aliphatic heterocycles. The molecule has 1 atom stereocenters. The molecule has 3 heterocycles. The molecule has 4 aromatic rings. The molecule has 2 fully saturated rings. The summed E-state index contributed by atoms with van der Waals surface area (Å²) in [5.74, 6) is -1.08. The van der Waals surface area contributed by atoms with E-state index in [1.807, 2.05) is 42.5 Å². The number of benzene rings is 4. The Morgan fingerprint density at radius 1 is 0.786 bits per heavy atom. The number of piperidine rings is 1. The van der Waals surface area contributed by atoms with Crippen molar-refractivity contribution < 1.29 is 18.8 Å². The first kappa shape index (κ1) is 26.3. The molecule has 3 aliphatic rings. The van der Waals surface area contributed by atoms with Crippen LogP contribution in [0.15, 0.2) is 78.9 Å². The first-order chi connectivity index (χ1) is 20.5. The molecule has 0 aromatic heterocycles. The van der Waals surface area contributed by atoms with Gasteiger partial charge >= 0.3 is 0 Å². The largest absolute Gasteiger partial charge is 0.367 e. The third-order valence-corrected chi connectivity index (χ3v) is 8.73. The van der Waals surface area contributed by atoms with Gasteiger partial charge in [-0.15, -0.1) is 0 Å². The standard InChI is InChI=1S/C34H31FN4O3/c35-27-6-1-2-7-28(27)38-18-16-37(17-19-38)21-23-10-8-22(9-11-23)20-24-12-13-29-32-25(24)4-3-5-26(32)34(42)39(29)30-14-15-31(40)36-33(30)41/h1-13,30H,14-21H2,(H,36,40,41)/t30-/m0/s1. The van der Waals surface area contributed by atoms with Crippen LogP contribution in [0.4, 0.5) is 15.8 Å². The lowest BCUT2D eigenvalue weighted by Crippen LogP contribution is -2.53. The molecular weight excluding hydrogens is 531 g/mol. The zero-order valence-corrected chi connectivity index (χ0v) is 23.2. The van der Waals surface area contributed by atoms with Gasteiger partial charge in [-0.25, -0.2) is 4.39 Å². The van der Waals surface area contributed by atoms with Gasteiger partial charge in [-0.05, 0) is 59.2 Å². The highest BCUT2D eigenvalue weighted by Gasteiger charge is 2.40. The molecule has 0 spiro atoms. The minimum absolute atomic E-state index is 0.167. The third-order valence-electron chi connectivity index (χ3n) is 8.73. The Balaban J connectivity index is 1.05. The predicted molar refractivity (Wildman–Crippen MR) is 160 cm³/mol. The van der Waals surface area contributed by atoms with Crippen LogP contribution in [0, 0.1) is 5.82 Å². The lowest BCUT2D eigenvalue weighted by molar-refractivity contribution is -0.134. The molecule has 0 bridgehead atoms. The number of nitrogens with one attached hydrogen (secondary N) is 1. The summed E-state index contributed by atoms with van der Waals surface area (Å²) in [6.07, 6.45) is 1.26. The fraction of sp³-hybridized carbons (Fsp3) is 0.265. The van der Waals surface area contributed by atoms with Crippen molar-refractivity contribution in [3.05, 3.63) is 107 Å². The molecule has 0 radical (unpaired) electrons. The summed E-state index contributed by atoms with van der Waals surface area (Å²) in [7, 11) is 0. The van der Waals surface area contributed by atoms with Gasteiger partial charge in [0.2, 0.25) is 11.8 Å². The highest BCUT2D eigenvalue weighted by atomic mass is 19.1. The van der Waals surface area contributed by atoms with Gasteiger partial charge in [-0.3, -0.25) is 29.5 Å². The third kappa shape index (κ3) is 4.71. The van der Waals surface area contributed by atoms with Crippen molar-refractivity contribution >= 4 is 39.9 Å². The van der Waals surface area contributed by atoms with E-state index in [1.54, 1.807) is 11.0 Å². The number of imide groups is 1. The Hall–Kier alpha value is -4.56. The van der Waals surface area contributed by atoms with Crippen LogP contribution in [0.25, 0.3) is 10.8 Å². The molecule has 3 amide bonds. The van der Waals surface area contributed by atoms with Crippen LogP contribution in [0.1, 0.15) is 39.9 Å². The van der Waals surface area contributed by atoms with Gasteiger partial charge in [-0.1, -0.05) is 54.6 Å². The Bertz CT molecular complexity index is 1710. The maximum absolute atomic E-state index is 14.2. The SMILES string of the molecule is O=C1CC[C@H](N2C(=O)c3cccc4c(Cc5ccc(CN6CCN(c7ccccc7F)CC6)cc5)ccc2c34)C(=O)N1. The van der Waals surface area contributed by atoms with E-state index in [-0.39, 0.29) is 24.1 Å². The number of rotatable bonds is 6. The molecule has 0 unspecified atom stereocenters. The number of nitrogens with zero attached hydrogens (tertiary/aromatic N) is 3. The molecule has 2 saturated heterocycles. The van der Waals surface area contributed by atoms with E-state index < -0.39 is 11.9 Å². The molecule has 212 valence electrons. The van der Waals surface area contributed by atoms with Crippen LogP contribution in [0.3, 0.4) is 0 Å². The summed E-state index contributed by atoms with van der Waals surface area (Å²) in [5, 5.41) is 4.26. The minimum atomic E-state index is -0.688. The number of anilines is 2. The number of piperazine rings is 1. The van der Waals surface area contributed by atoms with Gasteiger partial charge in [0.05, 0.1) is 11.4 Å². The summed E-state index contributed by atoms with van der Waals surface area (Å²) >= 11 is 0.